The fourth-order valence-corrected chi connectivity index (χ4v) is 9.77. The zero-order valence-corrected chi connectivity index (χ0v) is 35.7. The number of fused-ring (bicyclic) bond motifs is 4. The average molecular weight is 844 g/mol. The molecule has 1 N–H and O–H groups in total. The minimum Gasteiger partial charge on any atom is -0.507 e. The van der Waals surface area contributed by atoms with E-state index in [0.717, 1.165) is 19.1 Å². The van der Waals surface area contributed by atoms with Crippen LogP contribution in [0.5, 0.6) is 11.6 Å². The summed E-state index contributed by atoms with van der Waals surface area (Å²) in [4.78, 5) is 32.7. The zero-order chi connectivity index (χ0) is 39.4. The van der Waals surface area contributed by atoms with Gasteiger partial charge in [-0.1, -0.05) is 47.5 Å². The fraction of sp³-hybridized carbons (Fsp3) is 0.649. The molecule has 1 aromatic heterocycles. The number of carbonyl (C=O) groups excluding carboxylic acids is 2. The van der Waals surface area contributed by atoms with E-state index in [0.29, 0.717) is 12.8 Å². The van der Waals surface area contributed by atoms with Crippen LogP contribution in [0, 0.1) is 17.7 Å². The van der Waals surface area contributed by atoms with Gasteiger partial charge in [-0.3, -0.25) is 18.7 Å². The molecule has 1 saturated carbocycles. The van der Waals surface area contributed by atoms with E-state index in [-0.39, 0.29) is 75.7 Å². The molecule has 0 spiro atoms. The first-order valence-corrected chi connectivity index (χ1v) is 23.7. The van der Waals surface area contributed by atoms with Crippen molar-refractivity contribution in [2.45, 2.75) is 110 Å². The molecular formula is C37H52BrFN2O10SSi. The number of hydrogen-bond donors (Lipinski definition) is 1. The third-order valence-corrected chi connectivity index (χ3v) is 16.9. The quantitative estimate of drug-likeness (QED) is 0.0858. The molecule has 16 heteroatoms. The Labute approximate surface area is 321 Å². The molecular weight excluding hydrogens is 791 g/mol. The second-order valence-electron chi connectivity index (χ2n) is 16.1. The van der Waals surface area contributed by atoms with Gasteiger partial charge in [0.05, 0.1) is 42.2 Å². The molecule has 0 amide bonds. The maximum absolute atomic E-state index is 16.6. The summed E-state index contributed by atoms with van der Waals surface area (Å²) >= 11 is 3.40. The number of rotatable bonds is 14. The Morgan fingerprint density at radius 1 is 1.08 bits per heavy atom. The summed E-state index contributed by atoms with van der Waals surface area (Å²) in [5, 5.41) is 16.0. The van der Waals surface area contributed by atoms with Gasteiger partial charge in [0.2, 0.25) is 11.6 Å². The van der Waals surface area contributed by atoms with E-state index in [4.69, 9.17) is 22.6 Å². The van der Waals surface area contributed by atoms with Crippen LogP contribution >= 0.6 is 15.9 Å². The largest absolute Gasteiger partial charge is 0.507 e. The van der Waals surface area contributed by atoms with Crippen LogP contribution < -0.4 is 9.47 Å². The molecule has 0 bridgehead atoms. The number of Topliss-reactive ketones (excluding diaryl/α,β-unsaturated/α-hetero) is 2. The molecule has 294 valence electrons. The van der Waals surface area contributed by atoms with Crippen molar-refractivity contribution in [3.63, 3.8) is 0 Å². The van der Waals surface area contributed by atoms with Gasteiger partial charge in [-0.05, 0) is 84.9 Å². The van der Waals surface area contributed by atoms with E-state index in [1.165, 1.54) is 0 Å². The molecule has 5 rings (SSSR count). The monoisotopic (exact) mass is 842 g/mol. The summed E-state index contributed by atoms with van der Waals surface area (Å²) in [7, 11) is -3.27. The van der Waals surface area contributed by atoms with Gasteiger partial charge in [0.15, 0.2) is 19.7 Å². The number of carbonyl (C=O) groups is 2. The van der Waals surface area contributed by atoms with Crippen LogP contribution in [0.25, 0.3) is 5.76 Å². The highest BCUT2D eigenvalue weighted by molar-refractivity contribution is 9.10. The number of unbranched alkanes of at least 4 members (excludes halogenated alkanes) is 2. The van der Waals surface area contributed by atoms with Gasteiger partial charge in [0, 0.05) is 22.6 Å². The summed E-state index contributed by atoms with van der Waals surface area (Å²) in [6.45, 7) is 13.8. The predicted octanol–water partition coefficient (Wildman–Crippen LogP) is 7.70. The number of ketones is 2. The van der Waals surface area contributed by atoms with E-state index in [1.54, 1.807) is 0 Å². The Balaban J connectivity index is 1.79. The highest BCUT2D eigenvalue weighted by atomic mass is 79.9. The zero-order valence-electron chi connectivity index (χ0n) is 32.3. The Hall–Kier alpha value is -2.63. The molecule has 4 atom stereocenters. The van der Waals surface area contributed by atoms with Gasteiger partial charge in [0.25, 0.3) is 16.0 Å². The van der Waals surface area contributed by atoms with Crippen LogP contribution in [-0.4, -0.2) is 82.6 Å². The van der Waals surface area contributed by atoms with E-state index < -0.39 is 76.7 Å². The van der Waals surface area contributed by atoms with Gasteiger partial charge in [-0.25, -0.2) is 4.39 Å². The van der Waals surface area contributed by atoms with E-state index in [2.05, 4.69) is 21.1 Å². The Morgan fingerprint density at radius 2 is 1.70 bits per heavy atom. The lowest BCUT2D eigenvalue weighted by Crippen LogP contribution is -2.68. The lowest BCUT2D eigenvalue weighted by Gasteiger charge is -2.55. The number of nitrogens with zero attached hydrogens (tertiary/aromatic N) is 2. The van der Waals surface area contributed by atoms with Crippen LogP contribution in [0.2, 0.25) is 18.1 Å². The van der Waals surface area contributed by atoms with E-state index in [9.17, 15) is 13.5 Å². The smallest absolute Gasteiger partial charge is 0.265 e. The van der Waals surface area contributed by atoms with Crippen LogP contribution in [0.4, 0.5) is 4.39 Å². The number of hydrogen-bond acceptors (Lipinski definition) is 12. The normalized spacial score (nSPS) is 23.2. The van der Waals surface area contributed by atoms with Crippen LogP contribution in [-0.2, 0) is 36.5 Å². The van der Waals surface area contributed by atoms with Gasteiger partial charge in [-0.2, -0.15) is 8.42 Å². The molecule has 3 aliphatic carbocycles. The Kier molecular flexibility index (Phi) is 11.9. The van der Waals surface area contributed by atoms with Crippen molar-refractivity contribution < 1.29 is 50.1 Å². The average Bonchev–Trinajstić information content (AvgIpc) is 3.46. The standard InChI is InChI=1S/C37H52BrFN2O10SSi/c1-11-13-15-47-31-25-21(28(39)22(27(31)38)19-49-52(8,45)46)17-20-18-23-29(41(6)7)32-26(35(40-50-32)48-16-14-12-2)34(44)37(23,33(43)24(20)30(25)42)51-53(9,10)36(3,4)5/h20,23,29,42H,11-19H2,1-10H3/t20-,23-,29-,37-/m0/s1. The summed E-state index contributed by atoms with van der Waals surface area (Å²) < 4.78 is 70.7. The first-order chi connectivity index (χ1) is 24.6. The van der Waals surface area contributed by atoms with Crippen LogP contribution in [0.1, 0.15) is 106 Å². The lowest BCUT2D eigenvalue weighted by molar-refractivity contribution is -0.140. The molecule has 1 aromatic carbocycles. The highest BCUT2D eigenvalue weighted by Crippen LogP contribution is 2.59. The highest BCUT2D eigenvalue weighted by Gasteiger charge is 2.69. The summed E-state index contributed by atoms with van der Waals surface area (Å²) in [6.07, 6.45) is 3.91. The van der Waals surface area contributed by atoms with E-state index in [1.807, 2.05) is 66.7 Å². The molecule has 1 fully saturated rings. The Morgan fingerprint density at radius 3 is 2.26 bits per heavy atom. The molecule has 12 nitrogen and oxygen atoms in total. The molecule has 2 aromatic rings. The molecule has 0 saturated heterocycles. The third kappa shape index (κ3) is 7.28. The van der Waals surface area contributed by atoms with Crippen molar-refractivity contribution >= 4 is 51.7 Å². The predicted molar refractivity (Wildman–Crippen MR) is 203 cm³/mol. The molecule has 0 aliphatic heterocycles. The second kappa shape index (κ2) is 15.1. The number of benzene rings is 1. The topological polar surface area (TPSA) is 155 Å². The first kappa shape index (κ1) is 41.5. The summed E-state index contributed by atoms with van der Waals surface area (Å²) in [6, 6.07) is -0.682. The second-order valence-corrected chi connectivity index (χ2v) is 23.2. The number of aromatic nitrogens is 1. The summed E-state index contributed by atoms with van der Waals surface area (Å²) in [5.41, 5.74) is -2.17. The molecule has 53 heavy (non-hydrogen) atoms. The molecule has 1 heterocycles. The van der Waals surface area contributed by atoms with Crippen molar-refractivity contribution in [1.29, 1.82) is 0 Å². The molecule has 0 radical (unpaired) electrons. The first-order valence-electron chi connectivity index (χ1n) is 18.2. The maximum Gasteiger partial charge on any atom is 0.265 e. The van der Waals surface area contributed by atoms with Crippen molar-refractivity contribution in [3.8, 4) is 11.6 Å². The van der Waals surface area contributed by atoms with Crippen LogP contribution in [0.3, 0.4) is 0 Å². The number of aliphatic hydroxyl groups excluding tert-OH is 1. The fourth-order valence-electron chi connectivity index (χ4n) is 7.39. The number of halogens is 2. The van der Waals surface area contributed by atoms with Crippen LogP contribution in [0.15, 0.2) is 14.6 Å². The van der Waals surface area contributed by atoms with Crippen molar-refractivity contribution in [1.82, 2.24) is 10.1 Å². The number of aliphatic hydroxyl groups is 1. The van der Waals surface area contributed by atoms with Crippen molar-refractivity contribution in [2.75, 3.05) is 33.6 Å². The van der Waals surface area contributed by atoms with Gasteiger partial charge < -0.3 is 23.5 Å². The SMILES string of the molecule is CCCCOc1noc2c1C(=O)[C@@]1(O[Si](C)(C)C(C)(C)C)C(=O)C3=C(O)c4c(c(F)c(COS(C)(=O)=O)c(Br)c4OCCCC)C[C@H]3C[C@H]1[C@@H]2N(C)C. The van der Waals surface area contributed by atoms with E-state index >= 15 is 14.0 Å². The van der Waals surface area contributed by atoms with Crippen molar-refractivity contribution in [2.24, 2.45) is 11.8 Å². The minimum absolute atomic E-state index is 0.00877. The molecule has 0 unspecified atom stereocenters. The van der Waals surface area contributed by atoms with Gasteiger partial charge in [-0.15, -0.1) is 0 Å². The van der Waals surface area contributed by atoms with Gasteiger partial charge >= 0.3 is 0 Å². The molecule has 3 aliphatic rings. The minimum atomic E-state index is -3.94. The summed E-state index contributed by atoms with van der Waals surface area (Å²) in [5.74, 6) is -3.92. The van der Waals surface area contributed by atoms with Gasteiger partial charge in [0.1, 0.15) is 22.9 Å². The lowest BCUT2D eigenvalue weighted by atomic mass is 9.57. The maximum atomic E-state index is 16.6. The Bertz CT molecular complexity index is 1920. The number of ether oxygens (including phenoxy) is 2. The van der Waals surface area contributed by atoms with Crippen molar-refractivity contribution in [3.05, 3.63) is 43.9 Å². The third-order valence-electron chi connectivity index (χ3n) is 11.1.